The highest BCUT2D eigenvalue weighted by atomic mass is 32.2. The van der Waals surface area contributed by atoms with Gasteiger partial charge in [0.05, 0.1) is 12.7 Å². The van der Waals surface area contributed by atoms with Gasteiger partial charge in [0.15, 0.2) is 0 Å². The smallest absolute Gasteiger partial charge is 0.335 e. The summed E-state index contributed by atoms with van der Waals surface area (Å²) >= 11 is 0. The van der Waals surface area contributed by atoms with Gasteiger partial charge in [-0.05, 0) is 37.5 Å². The van der Waals surface area contributed by atoms with Gasteiger partial charge in [-0.15, -0.1) is 0 Å². The molecule has 1 unspecified atom stereocenters. The lowest BCUT2D eigenvalue weighted by atomic mass is 10.2. The molecule has 1 fully saturated rings. The lowest BCUT2D eigenvalue weighted by molar-refractivity contribution is 0.0696. The van der Waals surface area contributed by atoms with Gasteiger partial charge in [-0.3, -0.25) is 0 Å². The number of ether oxygens (including phenoxy) is 1. The van der Waals surface area contributed by atoms with Crippen molar-refractivity contribution in [3.8, 4) is 5.75 Å². The summed E-state index contributed by atoms with van der Waals surface area (Å²) in [5.74, 6) is -1.05. The van der Waals surface area contributed by atoms with E-state index in [1.54, 1.807) is 0 Å². The Hall–Kier alpha value is -1.60. The minimum Gasteiger partial charge on any atom is -0.495 e. The minimum atomic E-state index is -3.67. The predicted molar refractivity (Wildman–Crippen MR) is 77.2 cm³/mol. The summed E-state index contributed by atoms with van der Waals surface area (Å²) in [7, 11) is -2.34. The molecule has 1 saturated heterocycles. The van der Waals surface area contributed by atoms with Gasteiger partial charge in [-0.25, -0.2) is 13.2 Å². The number of rotatable bonds is 5. The van der Waals surface area contributed by atoms with Gasteiger partial charge in [0, 0.05) is 12.6 Å². The molecule has 1 heterocycles. The second-order valence-corrected chi connectivity index (χ2v) is 6.85. The fourth-order valence-electron chi connectivity index (χ4n) is 2.67. The Balaban J connectivity index is 2.47. The molecule has 0 aromatic heterocycles. The van der Waals surface area contributed by atoms with Crippen molar-refractivity contribution in [1.29, 1.82) is 0 Å². The van der Waals surface area contributed by atoms with Crippen molar-refractivity contribution in [3.63, 3.8) is 0 Å². The lowest BCUT2D eigenvalue weighted by Gasteiger charge is -2.24. The number of hydrogen-bond donors (Lipinski definition) is 1. The van der Waals surface area contributed by atoms with Gasteiger partial charge in [0.2, 0.25) is 10.0 Å². The maximum absolute atomic E-state index is 12.8. The van der Waals surface area contributed by atoms with Gasteiger partial charge >= 0.3 is 5.97 Å². The second kappa shape index (κ2) is 6.03. The van der Waals surface area contributed by atoms with Crippen LogP contribution in [-0.4, -0.2) is 43.5 Å². The molecule has 0 saturated carbocycles. The molecule has 0 bridgehead atoms. The van der Waals surface area contributed by atoms with Crippen LogP contribution in [0.5, 0.6) is 5.75 Å². The largest absolute Gasteiger partial charge is 0.495 e. The third-order valence-corrected chi connectivity index (χ3v) is 5.78. The van der Waals surface area contributed by atoms with Crippen molar-refractivity contribution < 1.29 is 23.1 Å². The molecule has 1 aliphatic rings. The summed E-state index contributed by atoms with van der Waals surface area (Å²) in [6.07, 6.45) is 2.45. The van der Waals surface area contributed by atoms with E-state index in [0.29, 0.717) is 6.54 Å². The molecule has 1 N–H and O–H groups in total. The standard InChI is InChI=1S/C14H19NO5S/c1-3-11-5-4-8-15(11)21(18,19)13-7-6-10(14(16)17)9-12(13)20-2/h6-7,9,11H,3-5,8H2,1-2H3,(H,16,17). The molecule has 21 heavy (non-hydrogen) atoms. The molecule has 1 aliphatic heterocycles. The maximum atomic E-state index is 12.8. The van der Waals surface area contributed by atoms with E-state index in [2.05, 4.69) is 0 Å². The van der Waals surface area contributed by atoms with E-state index in [9.17, 15) is 13.2 Å². The molecule has 2 rings (SSSR count). The van der Waals surface area contributed by atoms with Gasteiger partial charge < -0.3 is 9.84 Å². The monoisotopic (exact) mass is 313 g/mol. The number of methoxy groups -OCH3 is 1. The number of carbonyl (C=O) groups is 1. The summed E-state index contributed by atoms with van der Waals surface area (Å²) in [5, 5.41) is 8.97. The Bertz CT molecular complexity index is 641. The highest BCUT2D eigenvalue weighted by molar-refractivity contribution is 7.89. The van der Waals surface area contributed by atoms with Crippen molar-refractivity contribution in [2.24, 2.45) is 0 Å². The number of nitrogens with zero attached hydrogens (tertiary/aromatic N) is 1. The Morgan fingerprint density at radius 2 is 2.19 bits per heavy atom. The summed E-state index contributed by atoms with van der Waals surface area (Å²) in [6.45, 7) is 2.45. The van der Waals surface area contributed by atoms with Crippen molar-refractivity contribution in [2.75, 3.05) is 13.7 Å². The van der Waals surface area contributed by atoms with Crippen LogP contribution in [0.1, 0.15) is 36.5 Å². The van der Waals surface area contributed by atoms with Crippen LogP contribution >= 0.6 is 0 Å². The number of carboxylic acid groups (broad SMARTS) is 1. The van der Waals surface area contributed by atoms with E-state index < -0.39 is 16.0 Å². The Morgan fingerprint density at radius 1 is 1.48 bits per heavy atom. The molecule has 7 heteroatoms. The Labute approximate surface area is 124 Å². The predicted octanol–water partition coefficient (Wildman–Crippen LogP) is 1.96. The zero-order chi connectivity index (χ0) is 15.6. The molecule has 0 amide bonds. The van der Waals surface area contributed by atoms with E-state index in [-0.39, 0.29) is 22.3 Å². The first-order chi connectivity index (χ1) is 9.91. The molecule has 6 nitrogen and oxygen atoms in total. The SMILES string of the molecule is CCC1CCCN1S(=O)(=O)c1ccc(C(=O)O)cc1OC. The highest BCUT2D eigenvalue weighted by Crippen LogP contribution is 2.33. The number of benzene rings is 1. The molecule has 116 valence electrons. The Morgan fingerprint density at radius 3 is 2.76 bits per heavy atom. The van der Waals surface area contributed by atoms with E-state index in [0.717, 1.165) is 19.3 Å². The quantitative estimate of drug-likeness (QED) is 0.898. The molecule has 1 aromatic carbocycles. The lowest BCUT2D eigenvalue weighted by Crippen LogP contribution is -2.35. The third-order valence-electron chi connectivity index (χ3n) is 3.79. The van der Waals surface area contributed by atoms with E-state index >= 15 is 0 Å². The molecule has 0 radical (unpaired) electrons. The van der Waals surface area contributed by atoms with Crippen LogP contribution in [0.25, 0.3) is 0 Å². The summed E-state index contributed by atoms with van der Waals surface area (Å²) in [5.41, 5.74) is -0.000682. The summed E-state index contributed by atoms with van der Waals surface area (Å²) in [6, 6.07) is 3.84. The number of carboxylic acids is 1. The zero-order valence-corrected chi connectivity index (χ0v) is 12.9. The summed E-state index contributed by atoms with van der Waals surface area (Å²) in [4.78, 5) is 11.0. The Kier molecular flexibility index (Phi) is 4.53. The minimum absolute atomic E-state index is 0.000682. The second-order valence-electron chi connectivity index (χ2n) is 4.99. The fourth-order valence-corrected chi connectivity index (χ4v) is 4.58. The number of aromatic carboxylic acids is 1. The average Bonchev–Trinajstić information content (AvgIpc) is 2.95. The molecule has 0 aliphatic carbocycles. The van der Waals surface area contributed by atoms with E-state index in [1.807, 2.05) is 6.92 Å². The first kappa shape index (κ1) is 15.8. The van der Waals surface area contributed by atoms with Crippen LogP contribution in [0, 0.1) is 0 Å². The number of hydrogen-bond acceptors (Lipinski definition) is 4. The molecular weight excluding hydrogens is 294 g/mol. The van der Waals surface area contributed by atoms with Gasteiger partial charge in [-0.1, -0.05) is 6.92 Å². The molecule has 1 aromatic rings. The zero-order valence-electron chi connectivity index (χ0n) is 12.1. The maximum Gasteiger partial charge on any atom is 0.335 e. The van der Waals surface area contributed by atoms with Gasteiger partial charge in [-0.2, -0.15) is 4.31 Å². The van der Waals surface area contributed by atoms with Crippen LogP contribution in [0.2, 0.25) is 0 Å². The molecule has 0 spiro atoms. The fraction of sp³-hybridized carbons (Fsp3) is 0.500. The van der Waals surface area contributed by atoms with Crippen molar-refractivity contribution >= 4 is 16.0 Å². The topological polar surface area (TPSA) is 83.9 Å². The van der Waals surface area contributed by atoms with Crippen molar-refractivity contribution in [1.82, 2.24) is 4.31 Å². The number of sulfonamides is 1. The summed E-state index contributed by atoms with van der Waals surface area (Å²) < 4.78 is 32.1. The van der Waals surface area contributed by atoms with Crippen LogP contribution in [0.4, 0.5) is 0 Å². The first-order valence-corrected chi connectivity index (χ1v) is 8.29. The first-order valence-electron chi connectivity index (χ1n) is 6.85. The molecular formula is C14H19NO5S. The molecule has 1 atom stereocenters. The van der Waals surface area contributed by atoms with Crippen molar-refractivity contribution in [2.45, 2.75) is 37.1 Å². The average molecular weight is 313 g/mol. The van der Waals surface area contributed by atoms with Crippen LogP contribution in [-0.2, 0) is 10.0 Å². The van der Waals surface area contributed by atoms with Crippen LogP contribution in [0.15, 0.2) is 23.1 Å². The van der Waals surface area contributed by atoms with E-state index in [4.69, 9.17) is 9.84 Å². The normalized spacial score (nSPS) is 19.6. The van der Waals surface area contributed by atoms with Gasteiger partial charge in [0.25, 0.3) is 0 Å². The van der Waals surface area contributed by atoms with Crippen LogP contribution in [0.3, 0.4) is 0 Å². The third kappa shape index (κ3) is 2.89. The highest BCUT2D eigenvalue weighted by Gasteiger charge is 2.36. The van der Waals surface area contributed by atoms with Crippen LogP contribution < -0.4 is 4.74 Å². The van der Waals surface area contributed by atoms with Gasteiger partial charge in [0.1, 0.15) is 10.6 Å². The van der Waals surface area contributed by atoms with Crippen molar-refractivity contribution in [3.05, 3.63) is 23.8 Å². The van der Waals surface area contributed by atoms with E-state index in [1.165, 1.54) is 29.6 Å².